The highest BCUT2D eigenvalue weighted by Crippen LogP contribution is 2.37. The van der Waals surface area contributed by atoms with E-state index in [9.17, 15) is 4.79 Å². The van der Waals surface area contributed by atoms with Crippen LogP contribution in [0.1, 0.15) is 31.7 Å². The summed E-state index contributed by atoms with van der Waals surface area (Å²) in [6, 6.07) is 9.10. The Kier molecular flexibility index (Phi) is 6.74. The molecule has 2 aromatic carbocycles. The van der Waals surface area contributed by atoms with Crippen LogP contribution in [-0.2, 0) is 0 Å². The van der Waals surface area contributed by atoms with Gasteiger partial charge in [-0.1, -0.05) is 22.9 Å². The van der Waals surface area contributed by atoms with E-state index < -0.39 is 0 Å². The number of benzene rings is 2. The van der Waals surface area contributed by atoms with Crippen molar-refractivity contribution >= 4 is 49.0 Å². The van der Waals surface area contributed by atoms with Gasteiger partial charge in [0.1, 0.15) is 5.82 Å². The molecular formula is C21H21Br2N3O3. The number of halogens is 2. The molecule has 0 spiro atoms. The van der Waals surface area contributed by atoms with Crippen LogP contribution in [0.5, 0.6) is 11.5 Å². The summed E-state index contributed by atoms with van der Waals surface area (Å²) in [5, 5.41) is 4.86. The van der Waals surface area contributed by atoms with E-state index in [1.54, 1.807) is 32.4 Å². The van der Waals surface area contributed by atoms with Crippen molar-refractivity contribution in [1.82, 2.24) is 9.66 Å². The number of fused-ring (bicyclic) bond motifs is 1. The summed E-state index contributed by atoms with van der Waals surface area (Å²) in [7, 11) is 1.59. The molecule has 3 rings (SSSR count). The SMILES string of the molecule is CC[C@H](C)Oc1c(Br)cc(C=Nn2c(C)nc3ccc(Br)cc3c2=O)cc1OC. The predicted molar refractivity (Wildman–Crippen MR) is 123 cm³/mol. The van der Waals surface area contributed by atoms with Crippen LogP contribution in [0.2, 0.25) is 0 Å². The smallest absolute Gasteiger partial charge is 0.282 e. The number of aromatic nitrogens is 2. The van der Waals surface area contributed by atoms with Gasteiger partial charge in [0.2, 0.25) is 0 Å². The third kappa shape index (κ3) is 4.70. The molecule has 0 radical (unpaired) electrons. The van der Waals surface area contributed by atoms with Crippen LogP contribution in [0.3, 0.4) is 0 Å². The van der Waals surface area contributed by atoms with Crippen molar-refractivity contribution in [1.29, 1.82) is 0 Å². The first-order valence-corrected chi connectivity index (χ1v) is 10.7. The lowest BCUT2D eigenvalue weighted by atomic mass is 10.2. The number of methoxy groups -OCH3 is 1. The van der Waals surface area contributed by atoms with Gasteiger partial charge in [-0.25, -0.2) is 4.98 Å². The zero-order chi connectivity index (χ0) is 21.1. The summed E-state index contributed by atoms with van der Waals surface area (Å²) < 4.78 is 14.3. The lowest BCUT2D eigenvalue weighted by molar-refractivity contribution is 0.206. The van der Waals surface area contributed by atoms with E-state index in [0.717, 1.165) is 20.9 Å². The fourth-order valence-corrected chi connectivity index (χ4v) is 3.65. The Labute approximate surface area is 185 Å². The molecule has 1 aromatic heterocycles. The number of rotatable bonds is 6. The van der Waals surface area contributed by atoms with Crippen LogP contribution in [0.15, 0.2) is 49.2 Å². The first kappa shape index (κ1) is 21.5. The van der Waals surface area contributed by atoms with Crippen LogP contribution < -0.4 is 15.0 Å². The number of aryl methyl sites for hydroxylation is 1. The zero-order valence-corrected chi connectivity index (χ0v) is 19.7. The third-order valence-electron chi connectivity index (χ3n) is 4.44. The highest BCUT2D eigenvalue weighted by molar-refractivity contribution is 9.10. The molecule has 1 atom stereocenters. The monoisotopic (exact) mass is 521 g/mol. The van der Waals surface area contributed by atoms with Gasteiger partial charge in [0.15, 0.2) is 11.5 Å². The molecule has 0 saturated heterocycles. The Morgan fingerprint density at radius 3 is 2.72 bits per heavy atom. The Bertz CT molecular complexity index is 1140. The summed E-state index contributed by atoms with van der Waals surface area (Å²) in [5.41, 5.74) is 1.16. The van der Waals surface area contributed by atoms with Crippen LogP contribution >= 0.6 is 31.9 Å². The quantitative estimate of drug-likeness (QED) is 0.412. The van der Waals surface area contributed by atoms with Crippen LogP contribution in [0.4, 0.5) is 0 Å². The van der Waals surface area contributed by atoms with Gasteiger partial charge in [-0.05, 0) is 72.1 Å². The maximum Gasteiger partial charge on any atom is 0.282 e. The van der Waals surface area contributed by atoms with Crippen molar-refractivity contribution in [2.75, 3.05) is 7.11 Å². The molecule has 6 nitrogen and oxygen atoms in total. The topological polar surface area (TPSA) is 65.7 Å². The maximum atomic E-state index is 12.9. The molecule has 0 fully saturated rings. The molecule has 0 aliphatic rings. The van der Waals surface area contributed by atoms with E-state index >= 15 is 0 Å². The van der Waals surface area contributed by atoms with Gasteiger partial charge < -0.3 is 9.47 Å². The van der Waals surface area contributed by atoms with E-state index in [1.165, 1.54) is 4.68 Å². The van der Waals surface area contributed by atoms with Gasteiger partial charge in [-0.3, -0.25) is 4.79 Å². The Morgan fingerprint density at radius 1 is 1.28 bits per heavy atom. The number of nitrogens with zero attached hydrogens (tertiary/aromatic N) is 3. The summed E-state index contributed by atoms with van der Waals surface area (Å²) in [4.78, 5) is 17.3. The molecule has 0 aliphatic carbocycles. The molecule has 3 aromatic rings. The second-order valence-corrected chi connectivity index (χ2v) is 8.32. The van der Waals surface area contributed by atoms with Crippen molar-refractivity contribution in [3.63, 3.8) is 0 Å². The standard InChI is InChI=1S/C21H21Br2N3O3/c1-5-12(2)29-20-17(23)8-14(9-19(20)28-4)11-24-26-13(3)25-18-7-6-15(22)10-16(18)21(26)27/h6-12H,5H2,1-4H3/t12-/m0/s1. The van der Waals surface area contributed by atoms with Crippen molar-refractivity contribution in [2.24, 2.45) is 5.10 Å². The first-order valence-electron chi connectivity index (χ1n) is 9.11. The molecule has 1 heterocycles. The molecule has 0 bridgehead atoms. The largest absolute Gasteiger partial charge is 0.493 e. The lowest BCUT2D eigenvalue weighted by Gasteiger charge is -2.17. The van der Waals surface area contributed by atoms with Gasteiger partial charge in [-0.2, -0.15) is 9.78 Å². The molecule has 8 heteroatoms. The minimum atomic E-state index is -0.229. The second-order valence-electron chi connectivity index (χ2n) is 6.55. The number of hydrogen-bond acceptors (Lipinski definition) is 5. The lowest BCUT2D eigenvalue weighted by Crippen LogP contribution is -2.20. The molecule has 0 N–H and O–H groups in total. The highest BCUT2D eigenvalue weighted by atomic mass is 79.9. The summed E-state index contributed by atoms with van der Waals surface area (Å²) in [5.74, 6) is 1.74. The average Bonchev–Trinajstić information content (AvgIpc) is 2.70. The Hall–Kier alpha value is -2.19. The van der Waals surface area contributed by atoms with E-state index in [-0.39, 0.29) is 11.7 Å². The van der Waals surface area contributed by atoms with Crippen molar-refractivity contribution in [2.45, 2.75) is 33.3 Å². The van der Waals surface area contributed by atoms with Gasteiger partial charge in [0.25, 0.3) is 5.56 Å². The van der Waals surface area contributed by atoms with Crippen molar-refractivity contribution in [3.8, 4) is 11.5 Å². The fraction of sp³-hybridized carbons (Fsp3) is 0.286. The molecule has 0 aliphatic heterocycles. The van der Waals surface area contributed by atoms with Crippen LogP contribution in [-0.4, -0.2) is 29.1 Å². The van der Waals surface area contributed by atoms with Gasteiger partial charge in [0, 0.05) is 4.47 Å². The molecule has 0 saturated carbocycles. The van der Waals surface area contributed by atoms with Gasteiger partial charge in [-0.15, -0.1) is 0 Å². The average molecular weight is 523 g/mol. The number of ether oxygens (including phenoxy) is 2. The summed E-state index contributed by atoms with van der Waals surface area (Å²) in [6.45, 7) is 5.81. The maximum absolute atomic E-state index is 12.9. The van der Waals surface area contributed by atoms with E-state index in [4.69, 9.17) is 9.47 Å². The van der Waals surface area contributed by atoms with E-state index in [0.29, 0.717) is 28.2 Å². The third-order valence-corrected chi connectivity index (χ3v) is 5.52. The highest BCUT2D eigenvalue weighted by Gasteiger charge is 2.14. The number of hydrogen-bond donors (Lipinski definition) is 0. The minimum absolute atomic E-state index is 0.0592. The Balaban J connectivity index is 2.02. The summed E-state index contributed by atoms with van der Waals surface area (Å²) in [6.07, 6.45) is 2.54. The molecule has 0 unspecified atom stereocenters. The minimum Gasteiger partial charge on any atom is -0.493 e. The van der Waals surface area contributed by atoms with Crippen LogP contribution in [0.25, 0.3) is 10.9 Å². The normalized spacial score (nSPS) is 12.5. The summed E-state index contributed by atoms with van der Waals surface area (Å²) >= 11 is 6.93. The van der Waals surface area contributed by atoms with Crippen molar-refractivity contribution < 1.29 is 9.47 Å². The van der Waals surface area contributed by atoms with Gasteiger partial charge in [0.05, 0.1) is 34.8 Å². The second kappa shape index (κ2) is 9.09. The predicted octanol–water partition coefficient (Wildman–Crippen LogP) is 5.30. The first-order chi connectivity index (χ1) is 13.8. The molecular weight excluding hydrogens is 502 g/mol. The van der Waals surface area contributed by atoms with Gasteiger partial charge >= 0.3 is 0 Å². The van der Waals surface area contributed by atoms with E-state index in [2.05, 4.69) is 48.9 Å². The Morgan fingerprint density at radius 2 is 2.03 bits per heavy atom. The zero-order valence-electron chi connectivity index (χ0n) is 16.6. The molecule has 0 amide bonds. The van der Waals surface area contributed by atoms with E-state index in [1.807, 2.05) is 25.1 Å². The molecule has 152 valence electrons. The van der Waals surface area contributed by atoms with Crippen molar-refractivity contribution in [3.05, 3.63) is 61.0 Å². The van der Waals surface area contributed by atoms with Crippen LogP contribution in [0, 0.1) is 6.92 Å². The molecule has 29 heavy (non-hydrogen) atoms. The fourth-order valence-electron chi connectivity index (χ4n) is 2.73.